The highest BCUT2D eigenvalue weighted by Gasteiger charge is 2.31. The number of sulfonamides is 1. The molecule has 2 N–H and O–H groups in total. The molecule has 0 radical (unpaired) electrons. The van der Waals surface area contributed by atoms with Crippen molar-refractivity contribution in [3.05, 3.63) is 35.4 Å². The van der Waals surface area contributed by atoms with Crippen molar-refractivity contribution in [3.63, 3.8) is 0 Å². The van der Waals surface area contributed by atoms with Gasteiger partial charge in [-0.2, -0.15) is 0 Å². The molecular formula is C20H30N4O4S. The monoisotopic (exact) mass is 422 g/mol. The van der Waals surface area contributed by atoms with Crippen LogP contribution < -0.4 is 10.0 Å². The Morgan fingerprint density at radius 3 is 2.38 bits per heavy atom. The molecule has 1 aromatic rings. The van der Waals surface area contributed by atoms with E-state index >= 15 is 0 Å². The first-order valence-electron chi connectivity index (χ1n) is 10.2. The first-order chi connectivity index (χ1) is 13.9. The van der Waals surface area contributed by atoms with Crippen LogP contribution in [0.2, 0.25) is 0 Å². The number of amides is 3. The van der Waals surface area contributed by atoms with Gasteiger partial charge in [-0.15, -0.1) is 0 Å². The van der Waals surface area contributed by atoms with Crippen LogP contribution in [-0.4, -0.2) is 63.4 Å². The second-order valence-electron chi connectivity index (χ2n) is 7.71. The van der Waals surface area contributed by atoms with Gasteiger partial charge >= 0.3 is 6.03 Å². The van der Waals surface area contributed by atoms with E-state index in [2.05, 4.69) is 10.0 Å². The molecule has 0 aliphatic carbocycles. The maximum Gasteiger partial charge on any atom is 0.320 e. The molecule has 0 bridgehead atoms. The van der Waals surface area contributed by atoms with E-state index in [9.17, 15) is 18.0 Å². The number of carbonyl (C=O) groups excluding carboxylic acids is 2. The van der Waals surface area contributed by atoms with Gasteiger partial charge in [-0.25, -0.2) is 17.9 Å². The summed E-state index contributed by atoms with van der Waals surface area (Å²) < 4.78 is 26.1. The van der Waals surface area contributed by atoms with Gasteiger partial charge in [-0.1, -0.05) is 24.3 Å². The summed E-state index contributed by atoms with van der Waals surface area (Å²) in [6.07, 6.45) is 3.67. The third kappa shape index (κ3) is 5.70. The third-order valence-corrected chi connectivity index (χ3v) is 6.98. The number of rotatable bonds is 6. The summed E-state index contributed by atoms with van der Waals surface area (Å²) in [6.45, 7) is 3.02. The fourth-order valence-electron chi connectivity index (χ4n) is 3.95. The number of benzene rings is 1. The standard InChI is InChI=1S/C20H30N4O4S/c1-21-29(27,28)15-18-8-3-2-7-16(18)13-22-19(25)17-9-6-12-24(14-17)20(26)23-10-4-5-11-23/h2-3,7-8,17,21H,4-6,9-15H2,1H3,(H,22,25)/t17-/m1/s1. The van der Waals surface area contributed by atoms with Crippen molar-refractivity contribution in [1.82, 2.24) is 19.8 Å². The summed E-state index contributed by atoms with van der Waals surface area (Å²) in [5, 5.41) is 2.94. The first-order valence-corrected chi connectivity index (χ1v) is 11.8. The Bertz CT molecular complexity index is 837. The maximum absolute atomic E-state index is 12.7. The van der Waals surface area contributed by atoms with Gasteiger partial charge < -0.3 is 15.1 Å². The van der Waals surface area contributed by atoms with Gasteiger partial charge in [-0.05, 0) is 43.9 Å². The van der Waals surface area contributed by atoms with Crippen molar-refractivity contribution in [2.75, 3.05) is 33.2 Å². The highest BCUT2D eigenvalue weighted by molar-refractivity contribution is 7.88. The molecule has 1 aromatic carbocycles. The minimum atomic E-state index is -3.39. The number of nitrogens with zero attached hydrogens (tertiary/aromatic N) is 2. The van der Waals surface area contributed by atoms with Gasteiger partial charge in [0.05, 0.1) is 11.7 Å². The minimum absolute atomic E-state index is 0.0441. The summed E-state index contributed by atoms with van der Waals surface area (Å²) in [5.74, 6) is -0.449. The first kappa shape index (κ1) is 21.6. The van der Waals surface area contributed by atoms with Crippen LogP contribution >= 0.6 is 0 Å². The van der Waals surface area contributed by atoms with Crippen LogP contribution in [0.25, 0.3) is 0 Å². The van der Waals surface area contributed by atoms with Crippen LogP contribution in [0.5, 0.6) is 0 Å². The number of piperidine rings is 1. The average Bonchev–Trinajstić information content (AvgIpc) is 3.27. The van der Waals surface area contributed by atoms with Crippen LogP contribution in [-0.2, 0) is 27.1 Å². The highest BCUT2D eigenvalue weighted by Crippen LogP contribution is 2.20. The minimum Gasteiger partial charge on any atom is -0.352 e. The SMILES string of the molecule is CNS(=O)(=O)Cc1ccccc1CNC(=O)[C@@H]1CCCN(C(=O)N2CCCC2)C1. The molecule has 2 heterocycles. The van der Waals surface area contributed by atoms with E-state index in [0.29, 0.717) is 18.7 Å². The number of urea groups is 1. The predicted octanol–water partition coefficient (Wildman–Crippen LogP) is 1.28. The number of nitrogens with one attached hydrogen (secondary N) is 2. The zero-order chi connectivity index (χ0) is 20.9. The molecule has 3 rings (SSSR count). The molecule has 8 nitrogen and oxygen atoms in total. The van der Waals surface area contributed by atoms with Crippen molar-refractivity contribution < 1.29 is 18.0 Å². The Balaban J connectivity index is 1.57. The fraction of sp³-hybridized carbons (Fsp3) is 0.600. The number of hydrogen-bond acceptors (Lipinski definition) is 4. The van der Waals surface area contributed by atoms with Crippen LogP contribution in [0.3, 0.4) is 0 Å². The van der Waals surface area contributed by atoms with E-state index in [4.69, 9.17) is 0 Å². The number of carbonyl (C=O) groups is 2. The lowest BCUT2D eigenvalue weighted by Crippen LogP contribution is -2.49. The van der Waals surface area contributed by atoms with E-state index in [0.717, 1.165) is 44.3 Å². The van der Waals surface area contributed by atoms with Gasteiger partial charge in [0.2, 0.25) is 15.9 Å². The van der Waals surface area contributed by atoms with E-state index in [1.165, 1.54) is 7.05 Å². The van der Waals surface area contributed by atoms with E-state index in [1.807, 2.05) is 17.0 Å². The summed E-state index contributed by atoms with van der Waals surface area (Å²) in [4.78, 5) is 29.0. The molecular weight excluding hydrogens is 392 g/mol. The molecule has 2 saturated heterocycles. The van der Waals surface area contributed by atoms with Gasteiger partial charge in [0.25, 0.3) is 0 Å². The quantitative estimate of drug-likeness (QED) is 0.721. The predicted molar refractivity (Wildman–Crippen MR) is 110 cm³/mol. The van der Waals surface area contributed by atoms with Crippen molar-refractivity contribution in [3.8, 4) is 0 Å². The zero-order valence-corrected chi connectivity index (χ0v) is 17.7. The van der Waals surface area contributed by atoms with Crippen LogP contribution in [0, 0.1) is 5.92 Å². The number of hydrogen-bond donors (Lipinski definition) is 2. The highest BCUT2D eigenvalue weighted by atomic mass is 32.2. The molecule has 160 valence electrons. The van der Waals surface area contributed by atoms with E-state index < -0.39 is 10.0 Å². The van der Waals surface area contributed by atoms with Crippen LogP contribution in [0.4, 0.5) is 4.79 Å². The van der Waals surface area contributed by atoms with Crippen LogP contribution in [0.1, 0.15) is 36.8 Å². The van der Waals surface area contributed by atoms with Crippen molar-refractivity contribution >= 4 is 22.0 Å². The molecule has 29 heavy (non-hydrogen) atoms. The molecule has 2 aliphatic heterocycles. The molecule has 9 heteroatoms. The van der Waals surface area contributed by atoms with Gasteiger partial charge in [-0.3, -0.25) is 4.79 Å². The molecule has 0 spiro atoms. The maximum atomic E-state index is 12.7. The lowest BCUT2D eigenvalue weighted by molar-refractivity contribution is -0.126. The molecule has 1 atom stereocenters. The van der Waals surface area contributed by atoms with Crippen molar-refractivity contribution in [1.29, 1.82) is 0 Å². The van der Waals surface area contributed by atoms with Crippen LogP contribution in [0.15, 0.2) is 24.3 Å². The lowest BCUT2D eigenvalue weighted by atomic mass is 9.97. The Labute approximate surface area is 172 Å². The molecule has 2 fully saturated rings. The summed E-state index contributed by atoms with van der Waals surface area (Å²) in [7, 11) is -2.00. The largest absolute Gasteiger partial charge is 0.352 e. The van der Waals surface area contributed by atoms with E-state index in [-0.39, 0.29) is 30.2 Å². The molecule has 0 saturated carbocycles. The molecule has 0 unspecified atom stereocenters. The Kier molecular flexibility index (Phi) is 7.13. The third-order valence-electron chi connectivity index (χ3n) is 5.67. The van der Waals surface area contributed by atoms with Crippen molar-refractivity contribution in [2.24, 2.45) is 5.92 Å². The second kappa shape index (κ2) is 9.58. The van der Waals surface area contributed by atoms with E-state index in [1.54, 1.807) is 17.0 Å². The second-order valence-corrected chi connectivity index (χ2v) is 9.64. The zero-order valence-electron chi connectivity index (χ0n) is 16.9. The lowest BCUT2D eigenvalue weighted by Gasteiger charge is -2.34. The topological polar surface area (TPSA) is 98.8 Å². The summed E-state index contributed by atoms with van der Waals surface area (Å²) in [6, 6.07) is 7.24. The molecule has 3 amide bonds. The summed E-state index contributed by atoms with van der Waals surface area (Å²) in [5.41, 5.74) is 1.44. The Hall–Kier alpha value is -2.13. The smallest absolute Gasteiger partial charge is 0.320 e. The summed E-state index contributed by atoms with van der Waals surface area (Å²) >= 11 is 0. The average molecular weight is 423 g/mol. The van der Waals surface area contributed by atoms with Gasteiger partial charge in [0.1, 0.15) is 0 Å². The van der Waals surface area contributed by atoms with Crippen molar-refractivity contribution in [2.45, 2.75) is 38.0 Å². The van der Waals surface area contributed by atoms with Gasteiger partial charge in [0, 0.05) is 32.7 Å². The molecule has 0 aromatic heterocycles. The fourth-order valence-corrected chi connectivity index (χ4v) is 4.78. The normalized spacial score (nSPS) is 20.0. The Morgan fingerprint density at radius 2 is 1.69 bits per heavy atom. The molecule has 2 aliphatic rings. The number of likely N-dealkylation sites (tertiary alicyclic amines) is 2. The Morgan fingerprint density at radius 1 is 1.03 bits per heavy atom. The van der Waals surface area contributed by atoms with Gasteiger partial charge in [0.15, 0.2) is 0 Å².